The number of fused-ring (bicyclic) bond motifs is 1. The molecular formula is C16H17FN2. The molecule has 19 heavy (non-hydrogen) atoms. The molecule has 0 bridgehead atoms. The van der Waals surface area contributed by atoms with Gasteiger partial charge in [-0.05, 0) is 25.1 Å². The molecular weight excluding hydrogens is 239 g/mol. The van der Waals surface area contributed by atoms with Gasteiger partial charge in [0.25, 0.3) is 0 Å². The highest BCUT2D eigenvalue weighted by Gasteiger charge is 2.23. The van der Waals surface area contributed by atoms with Gasteiger partial charge in [0, 0.05) is 24.7 Å². The van der Waals surface area contributed by atoms with Gasteiger partial charge in [0.15, 0.2) is 0 Å². The molecule has 2 aromatic rings. The number of benzene rings is 2. The number of anilines is 2. The van der Waals surface area contributed by atoms with Gasteiger partial charge in [-0.25, -0.2) is 4.39 Å². The predicted octanol–water partition coefficient (Wildman–Crippen LogP) is 3.65. The summed E-state index contributed by atoms with van der Waals surface area (Å²) in [6, 6.07) is 15.5. The van der Waals surface area contributed by atoms with E-state index in [0.717, 1.165) is 23.5 Å². The van der Waals surface area contributed by atoms with Crippen molar-refractivity contribution >= 4 is 11.4 Å². The molecule has 0 aliphatic carbocycles. The number of nitrogens with one attached hydrogen (secondary N) is 1. The fourth-order valence-corrected chi connectivity index (χ4v) is 2.53. The van der Waals surface area contributed by atoms with Gasteiger partial charge in [0.1, 0.15) is 5.82 Å². The molecule has 0 radical (unpaired) electrons. The van der Waals surface area contributed by atoms with Crippen molar-refractivity contribution in [1.82, 2.24) is 0 Å². The Bertz CT molecular complexity index is 582. The SMILES string of the molecule is CC1CNc2ccccc2N1Cc1ccccc1F. The van der Waals surface area contributed by atoms with Gasteiger partial charge in [-0.2, -0.15) is 0 Å². The first-order chi connectivity index (χ1) is 9.25. The molecule has 0 fully saturated rings. The molecule has 0 aromatic heterocycles. The smallest absolute Gasteiger partial charge is 0.128 e. The van der Waals surface area contributed by atoms with E-state index in [4.69, 9.17) is 0 Å². The molecule has 1 N–H and O–H groups in total. The highest BCUT2D eigenvalue weighted by molar-refractivity contribution is 5.72. The minimum absolute atomic E-state index is 0.134. The van der Waals surface area contributed by atoms with E-state index >= 15 is 0 Å². The third kappa shape index (κ3) is 2.28. The lowest BCUT2D eigenvalue weighted by Crippen LogP contribution is -2.41. The fraction of sp³-hybridized carbons (Fsp3) is 0.250. The maximum atomic E-state index is 13.8. The van der Waals surface area contributed by atoms with Crippen molar-refractivity contribution in [2.75, 3.05) is 16.8 Å². The van der Waals surface area contributed by atoms with E-state index in [9.17, 15) is 4.39 Å². The van der Waals surface area contributed by atoms with Crippen LogP contribution in [0.5, 0.6) is 0 Å². The van der Waals surface area contributed by atoms with Gasteiger partial charge in [0.2, 0.25) is 0 Å². The topological polar surface area (TPSA) is 15.3 Å². The molecule has 1 heterocycles. The summed E-state index contributed by atoms with van der Waals surface area (Å²) in [5.74, 6) is -0.134. The van der Waals surface area contributed by atoms with Crippen molar-refractivity contribution < 1.29 is 4.39 Å². The van der Waals surface area contributed by atoms with Crippen molar-refractivity contribution in [3.63, 3.8) is 0 Å². The minimum Gasteiger partial charge on any atom is -0.381 e. The lowest BCUT2D eigenvalue weighted by Gasteiger charge is -2.37. The van der Waals surface area contributed by atoms with Crippen molar-refractivity contribution in [1.29, 1.82) is 0 Å². The van der Waals surface area contributed by atoms with Crippen LogP contribution in [0.25, 0.3) is 0 Å². The molecule has 0 amide bonds. The Labute approximate surface area is 112 Å². The lowest BCUT2D eigenvalue weighted by molar-refractivity contribution is 0.585. The molecule has 3 rings (SSSR count). The quantitative estimate of drug-likeness (QED) is 0.882. The molecule has 0 spiro atoms. The monoisotopic (exact) mass is 256 g/mol. The Morgan fingerprint density at radius 2 is 1.89 bits per heavy atom. The maximum absolute atomic E-state index is 13.8. The Hall–Kier alpha value is -2.03. The molecule has 1 unspecified atom stereocenters. The highest BCUT2D eigenvalue weighted by atomic mass is 19.1. The van der Waals surface area contributed by atoms with Crippen LogP contribution < -0.4 is 10.2 Å². The van der Waals surface area contributed by atoms with Crippen LogP contribution in [0.15, 0.2) is 48.5 Å². The Morgan fingerprint density at radius 3 is 2.74 bits per heavy atom. The van der Waals surface area contributed by atoms with Crippen LogP contribution in [0.1, 0.15) is 12.5 Å². The molecule has 1 aliphatic rings. The standard InChI is InChI=1S/C16H17FN2/c1-12-10-18-15-8-4-5-9-16(15)19(12)11-13-6-2-3-7-14(13)17/h2-9,12,18H,10-11H2,1H3. The summed E-state index contributed by atoms with van der Waals surface area (Å²) in [4.78, 5) is 2.25. The molecule has 98 valence electrons. The Kier molecular flexibility index (Phi) is 3.11. The molecule has 3 heteroatoms. The second-order valence-electron chi connectivity index (χ2n) is 4.97. The van der Waals surface area contributed by atoms with Crippen LogP contribution in [-0.4, -0.2) is 12.6 Å². The average molecular weight is 256 g/mol. The van der Waals surface area contributed by atoms with E-state index in [-0.39, 0.29) is 5.82 Å². The second kappa shape index (κ2) is 4.92. The third-order valence-corrected chi connectivity index (χ3v) is 3.63. The molecule has 0 saturated carbocycles. The van der Waals surface area contributed by atoms with Crippen LogP contribution in [-0.2, 0) is 6.54 Å². The second-order valence-corrected chi connectivity index (χ2v) is 4.97. The maximum Gasteiger partial charge on any atom is 0.128 e. The van der Waals surface area contributed by atoms with Crippen LogP contribution in [0.2, 0.25) is 0 Å². The van der Waals surface area contributed by atoms with Crippen LogP contribution in [0, 0.1) is 5.82 Å². The number of rotatable bonds is 2. The van der Waals surface area contributed by atoms with Crippen LogP contribution in [0.3, 0.4) is 0 Å². The van der Waals surface area contributed by atoms with Crippen LogP contribution in [0.4, 0.5) is 15.8 Å². The molecule has 2 nitrogen and oxygen atoms in total. The summed E-state index contributed by atoms with van der Waals surface area (Å²) in [6.07, 6.45) is 0. The number of nitrogens with zero attached hydrogens (tertiary/aromatic N) is 1. The van der Waals surface area contributed by atoms with Gasteiger partial charge < -0.3 is 10.2 Å². The summed E-state index contributed by atoms with van der Waals surface area (Å²) < 4.78 is 13.8. The van der Waals surface area contributed by atoms with E-state index in [1.54, 1.807) is 6.07 Å². The number of hydrogen-bond donors (Lipinski definition) is 1. The molecule has 1 atom stereocenters. The summed E-state index contributed by atoms with van der Waals surface area (Å²) in [5, 5.41) is 3.41. The van der Waals surface area contributed by atoms with Crippen molar-refractivity contribution in [3.8, 4) is 0 Å². The summed E-state index contributed by atoms with van der Waals surface area (Å²) in [5.41, 5.74) is 3.01. The first kappa shape index (κ1) is 12.0. The number of halogens is 1. The van der Waals surface area contributed by atoms with E-state index < -0.39 is 0 Å². The van der Waals surface area contributed by atoms with Crippen LogP contribution >= 0.6 is 0 Å². The zero-order valence-electron chi connectivity index (χ0n) is 10.9. The van der Waals surface area contributed by atoms with E-state index in [1.165, 1.54) is 6.07 Å². The summed E-state index contributed by atoms with van der Waals surface area (Å²) in [6.45, 7) is 3.64. The first-order valence-electron chi connectivity index (χ1n) is 6.58. The van der Waals surface area contributed by atoms with Gasteiger partial charge >= 0.3 is 0 Å². The van der Waals surface area contributed by atoms with E-state index in [2.05, 4.69) is 29.3 Å². The van der Waals surface area contributed by atoms with Gasteiger partial charge in [0.05, 0.1) is 11.4 Å². The zero-order chi connectivity index (χ0) is 13.2. The Balaban J connectivity index is 1.94. The van der Waals surface area contributed by atoms with Crippen molar-refractivity contribution in [2.45, 2.75) is 19.5 Å². The molecule has 1 aliphatic heterocycles. The molecule has 2 aromatic carbocycles. The van der Waals surface area contributed by atoms with E-state index in [0.29, 0.717) is 12.6 Å². The average Bonchev–Trinajstić information content (AvgIpc) is 2.44. The lowest BCUT2D eigenvalue weighted by atomic mass is 10.1. The number of hydrogen-bond acceptors (Lipinski definition) is 2. The number of para-hydroxylation sites is 2. The zero-order valence-corrected chi connectivity index (χ0v) is 10.9. The van der Waals surface area contributed by atoms with Crippen molar-refractivity contribution in [3.05, 3.63) is 59.9 Å². The normalized spacial score (nSPS) is 17.8. The largest absolute Gasteiger partial charge is 0.381 e. The fourth-order valence-electron chi connectivity index (χ4n) is 2.53. The van der Waals surface area contributed by atoms with Gasteiger partial charge in [-0.3, -0.25) is 0 Å². The Morgan fingerprint density at radius 1 is 1.16 bits per heavy atom. The predicted molar refractivity (Wildman–Crippen MR) is 77.0 cm³/mol. The molecule has 0 saturated heterocycles. The first-order valence-corrected chi connectivity index (χ1v) is 6.58. The van der Waals surface area contributed by atoms with Gasteiger partial charge in [-0.15, -0.1) is 0 Å². The summed E-state index contributed by atoms with van der Waals surface area (Å²) in [7, 11) is 0. The van der Waals surface area contributed by atoms with Gasteiger partial charge in [-0.1, -0.05) is 30.3 Å². The third-order valence-electron chi connectivity index (χ3n) is 3.63. The summed E-state index contributed by atoms with van der Waals surface area (Å²) >= 11 is 0. The van der Waals surface area contributed by atoms with E-state index in [1.807, 2.05) is 24.3 Å². The highest BCUT2D eigenvalue weighted by Crippen LogP contribution is 2.32. The van der Waals surface area contributed by atoms with Crippen molar-refractivity contribution in [2.24, 2.45) is 0 Å². The minimum atomic E-state index is -0.134.